The van der Waals surface area contributed by atoms with Crippen molar-refractivity contribution in [2.24, 2.45) is 0 Å². The van der Waals surface area contributed by atoms with Crippen LogP contribution in [0.4, 0.5) is 0 Å². The van der Waals surface area contributed by atoms with Crippen LogP contribution in [-0.2, 0) is 19.1 Å². The van der Waals surface area contributed by atoms with Crippen LogP contribution < -0.4 is 0 Å². The zero-order chi connectivity index (χ0) is 33.1. The van der Waals surface area contributed by atoms with Crippen molar-refractivity contribution >= 4 is 11.9 Å². The molecular formula is C39H68O6. The average Bonchev–Trinajstić information content (AvgIpc) is 3.03. The first-order valence-corrected chi connectivity index (χ1v) is 18.3. The van der Waals surface area contributed by atoms with Gasteiger partial charge >= 0.3 is 11.9 Å². The highest BCUT2D eigenvalue weighted by atomic mass is 16.6. The molecule has 6 heteroatoms. The van der Waals surface area contributed by atoms with Gasteiger partial charge in [-0.25, -0.2) is 0 Å². The summed E-state index contributed by atoms with van der Waals surface area (Å²) in [6, 6.07) is 0. The number of ether oxygens (including phenoxy) is 2. The number of hydrogen-bond acceptors (Lipinski definition) is 6. The Labute approximate surface area is 276 Å². The summed E-state index contributed by atoms with van der Waals surface area (Å²) >= 11 is 0. The number of carbonyl (C=O) groups excluding carboxylic acids is 2. The number of hydrogen-bond donors (Lipinski definition) is 2. The summed E-state index contributed by atoms with van der Waals surface area (Å²) in [5, 5.41) is 19.8. The molecule has 0 saturated carbocycles. The molecule has 0 fully saturated rings. The second kappa shape index (κ2) is 34.7. The topological polar surface area (TPSA) is 93.1 Å². The second-order valence-corrected chi connectivity index (χ2v) is 12.2. The van der Waals surface area contributed by atoms with Crippen molar-refractivity contribution in [1.29, 1.82) is 0 Å². The largest absolute Gasteiger partial charge is 0.463 e. The van der Waals surface area contributed by atoms with Crippen molar-refractivity contribution in [2.75, 3.05) is 13.2 Å². The van der Waals surface area contributed by atoms with E-state index in [0.29, 0.717) is 12.8 Å². The summed E-state index contributed by atoms with van der Waals surface area (Å²) in [7, 11) is 0. The van der Waals surface area contributed by atoms with E-state index in [9.17, 15) is 19.8 Å². The molecule has 2 N–H and O–H groups in total. The highest BCUT2D eigenvalue weighted by molar-refractivity contribution is 5.69. The van der Waals surface area contributed by atoms with Crippen molar-refractivity contribution in [3.8, 4) is 0 Å². The Morgan fingerprint density at radius 3 is 1.60 bits per heavy atom. The fraction of sp³-hybridized carbons (Fsp3) is 0.744. The van der Waals surface area contributed by atoms with Gasteiger partial charge in [-0.2, -0.15) is 0 Å². The van der Waals surface area contributed by atoms with Crippen LogP contribution >= 0.6 is 0 Å². The van der Waals surface area contributed by atoms with Crippen LogP contribution in [0.25, 0.3) is 0 Å². The quantitative estimate of drug-likeness (QED) is 0.0332. The van der Waals surface area contributed by atoms with Crippen LogP contribution in [0, 0.1) is 0 Å². The first-order valence-electron chi connectivity index (χ1n) is 18.3. The van der Waals surface area contributed by atoms with Crippen molar-refractivity contribution in [2.45, 2.75) is 174 Å². The Kier molecular flexibility index (Phi) is 33.0. The van der Waals surface area contributed by atoms with Gasteiger partial charge in [0.05, 0.1) is 6.10 Å². The predicted molar refractivity (Wildman–Crippen MR) is 188 cm³/mol. The number of unbranched alkanes of at least 4 members (excludes halogenated alkanes) is 15. The molecule has 0 rings (SSSR count). The van der Waals surface area contributed by atoms with Gasteiger partial charge in [-0.1, -0.05) is 159 Å². The molecule has 0 amide bonds. The molecule has 0 saturated heterocycles. The van der Waals surface area contributed by atoms with E-state index >= 15 is 0 Å². The van der Waals surface area contributed by atoms with E-state index in [1.165, 1.54) is 70.6 Å². The van der Waals surface area contributed by atoms with Gasteiger partial charge in [0, 0.05) is 12.8 Å². The normalized spacial score (nSPS) is 13.4. The van der Waals surface area contributed by atoms with Gasteiger partial charge < -0.3 is 19.7 Å². The molecule has 2 atom stereocenters. The number of aliphatic hydroxyl groups excluding tert-OH is 2. The first-order chi connectivity index (χ1) is 22.0. The minimum absolute atomic E-state index is 0.143. The van der Waals surface area contributed by atoms with Crippen LogP contribution in [0.3, 0.4) is 0 Å². The third-order valence-corrected chi connectivity index (χ3v) is 7.67. The number of esters is 2. The molecule has 0 aliphatic rings. The van der Waals surface area contributed by atoms with Crippen LogP contribution in [-0.4, -0.2) is 47.6 Å². The fourth-order valence-electron chi connectivity index (χ4n) is 4.83. The van der Waals surface area contributed by atoms with E-state index in [4.69, 9.17) is 9.47 Å². The highest BCUT2D eigenvalue weighted by Gasteiger charge is 2.12. The summed E-state index contributed by atoms with van der Waals surface area (Å²) in [5.74, 6) is -0.655. The zero-order valence-electron chi connectivity index (χ0n) is 29.0. The van der Waals surface area contributed by atoms with Crippen molar-refractivity contribution in [3.05, 3.63) is 48.6 Å². The van der Waals surface area contributed by atoms with E-state index in [0.717, 1.165) is 57.8 Å². The number of carbonyl (C=O) groups is 2. The summed E-state index contributed by atoms with van der Waals surface area (Å²) in [6.45, 7) is 4.11. The van der Waals surface area contributed by atoms with Gasteiger partial charge in [0.15, 0.2) is 0 Å². The molecule has 0 unspecified atom stereocenters. The lowest BCUT2D eigenvalue weighted by Gasteiger charge is -2.12. The summed E-state index contributed by atoms with van der Waals surface area (Å²) < 4.78 is 10.2. The molecule has 6 nitrogen and oxygen atoms in total. The minimum Gasteiger partial charge on any atom is -0.463 e. The zero-order valence-corrected chi connectivity index (χ0v) is 29.0. The number of rotatable bonds is 32. The summed E-state index contributed by atoms with van der Waals surface area (Å²) in [5.41, 5.74) is 0. The third-order valence-electron chi connectivity index (χ3n) is 7.67. The van der Waals surface area contributed by atoms with Gasteiger partial charge in [0.2, 0.25) is 0 Å². The van der Waals surface area contributed by atoms with Gasteiger partial charge in [-0.3, -0.25) is 9.59 Å². The molecule has 0 bridgehead atoms. The van der Waals surface area contributed by atoms with Crippen molar-refractivity contribution in [1.82, 2.24) is 0 Å². The monoisotopic (exact) mass is 633 g/mol. The maximum Gasteiger partial charge on any atom is 0.305 e. The molecule has 0 heterocycles. The second-order valence-electron chi connectivity index (χ2n) is 12.2. The van der Waals surface area contributed by atoms with E-state index < -0.39 is 6.10 Å². The van der Waals surface area contributed by atoms with Gasteiger partial charge in [0.25, 0.3) is 0 Å². The molecule has 0 aromatic heterocycles. The Balaban J connectivity index is 3.60. The van der Waals surface area contributed by atoms with Crippen molar-refractivity contribution in [3.63, 3.8) is 0 Å². The molecule has 0 aliphatic heterocycles. The maximum atomic E-state index is 11.9. The molecule has 0 spiro atoms. The van der Waals surface area contributed by atoms with Crippen molar-refractivity contribution < 1.29 is 29.3 Å². The Morgan fingerprint density at radius 2 is 1.02 bits per heavy atom. The lowest BCUT2D eigenvalue weighted by Crippen LogP contribution is -2.25. The highest BCUT2D eigenvalue weighted by Crippen LogP contribution is 2.13. The lowest BCUT2D eigenvalue weighted by atomic mass is 10.0. The van der Waals surface area contributed by atoms with E-state index in [1.54, 1.807) is 0 Å². The molecule has 0 aromatic carbocycles. The van der Waals surface area contributed by atoms with Crippen LogP contribution in [0.15, 0.2) is 48.6 Å². The Hall–Kier alpha value is -2.18. The molecule has 0 aromatic rings. The van der Waals surface area contributed by atoms with Gasteiger partial charge in [-0.15, -0.1) is 0 Å². The predicted octanol–water partition coefficient (Wildman–Crippen LogP) is 10.0. The Morgan fingerprint density at radius 1 is 0.556 bits per heavy atom. The molecular weight excluding hydrogens is 564 g/mol. The molecule has 260 valence electrons. The Bertz CT molecular complexity index is 784. The smallest absolute Gasteiger partial charge is 0.305 e. The van der Waals surface area contributed by atoms with Gasteiger partial charge in [0.1, 0.15) is 19.3 Å². The first kappa shape index (κ1) is 42.8. The average molecular weight is 633 g/mol. The summed E-state index contributed by atoms with van der Waals surface area (Å²) in [6.07, 6.45) is 39.2. The molecule has 45 heavy (non-hydrogen) atoms. The van der Waals surface area contributed by atoms with Crippen LogP contribution in [0.1, 0.15) is 162 Å². The van der Waals surface area contributed by atoms with Gasteiger partial charge in [-0.05, 0) is 38.5 Å². The fourth-order valence-corrected chi connectivity index (χ4v) is 4.83. The van der Waals surface area contributed by atoms with E-state index in [2.05, 4.69) is 44.2 Å². The van der Waals surface area contributed by atoms with E-state index in [1.807, 2.05) is 18.2 Å². The van der Waals surface area contributed by atoms with E-state index in [-0.39, 0.29) is 37.7 Å². The minimum atomic E-state index is -0.996. The lowest BCUT2D eigenvalue weighted by molar-refractivity contribution is -0.152. The SMILES string of the molecule is CCCCCCCCCCCCCCCC(=O)OC[C@H](O)COC(=O)CCC/C=C\C/C=C\C/C=C\C=C\[C@H](O)CCCCC. The van der Waals surface area contributed by atoms with Crippen LogP contribution in [0.5, 0.6) is 0 Å². The summed E-state index contributed by atoms with van der Waals surface area (Å²) in [4.78, 5) is 23.8. The number of aliphatic hydroxyl groups is 2. The van der Waals surface area contributed by atoms with Crippen LogP contribution in [0.2, 0.25) is 0 Å². The number of allylic oxidation sites excluding steroid dienone is 7. The molecule has 0 radical (unpaired) electrons. The molecule has 0 aliphatic carbocycles. The maximum absolute atomic E-state index is 11.9. The third kappa shape index (κ3) is 34.5. The standard InChI is InChI=1S/C39H68O6/c1-3-5-7-8-9-10-11-12-15-18-21-24-28-32-38(42)44-34-37(41)35-45-39(43)33-29-25-22-19-16-13-14-17-20-23-27-31-36(40)30-26-6-4-2/h13-14,19-20,22-23,27,31,36-37,40-41H,3-12,15-18,21,24-26,28-30,32-35H2,1-2H3/b14-13-,22-19-,23-20-,31-27+/t36-,37+/m1/s1.